The molecule has 6 nitrogen and oxygen atoms in total. The standard InChI is InChI=1S/C13H19ClN4O2/c1-4-9-7-11(17(2)16-9)13(19)12-10(14)8-15-18(12)5-6-20-3/h7-8,13,19H,4-6H2,1-3H3. The molecule has 0 saturated carbocycles. The van der Waals surface area contributed by atoms with E-state index < -0.39 is 6.10 Å². The number of aliphatic hydroxyl groups is 1. The summed E-state index contributed by atoms with van der Waals surface area (Å²) in [6.45, 7) is 3.06. The van der Waals surface area contributed by atoms with Gasteiger partial charge in [-0.05, 0) is 12.5 Å². The molecule has 0 bridgehead atoms. The topological polar surface area (TPSA) is 65.1 Å². The lowest BCUT2D eigenvalue weighted by molar-refractivity contribution is 0.168. The Hall–Kier alpha value is -1.37. The van der Waals surface area contributed by atoms with Crippen molar-refractivity contribution in [3.63, 3.8) is 0 Å². The average Bonchev–Trinajstić information content (AvgIpc) is 2.99. The van der Waals surface area contributed by atoms with Crippen LogP contribution >= 0.6 is 11.6 Å². The van der Waals surface area contributed by atoms with Gasteiger partial charge in [-0.3, -0.25) is 9.36 Å². The number of halogens is 1. The van der Waals surface area contributed by atoms with E-state index in [2.05, 4.69) is 10.2 Å². The first kappa shape index (κ1) is 15.0. The fourth-order valence-corrected chi connectivity index (χ4v) is 2.36. The smallest absolute Gasteiger partial charge is 0.139 e. The molecule has 0 aliphatic heterocycles. The Bertz CT molecular complexity index is 579. The van der Waals surface area contributed by atoms with E-state index >= 15 is 0 Å². The van der Waals surface area contributed by atoms with Gasteiger partial charge in [0, 0.05) is 14.2 Å². The Morgan fingerprint density at radius 2 is 2.25 bits per heavy atom. The van der Waals surface area contributed by atoms with Crippen LogP contribution in [0.2, 0.25) is 5.02 Å². The minimum absolute atomic E-state index is 0.438. The van der Waals surface area contributed by atoms with Gasteiger partial charge in [0.25, 0.3) is 0 Å². The summed E-state index contributed by atoms with van der Waals surface area (Å²) >= 11 is 6.15. The highest BCUT2D eigenvalue weighted by Crippen LogP contribution is 2.28. The van der Waals surface area contributed by atoms with Crippen molar-refractivity contribution in [3.8, 4) is 0 Å². The highest BCUT2D eigenvalue weighted by Gasteiger charge is 2.23. The molecule has 110 valence electrons. The predicted molar refractivity (Wildman–Crippen MR) is 75.8 cm³/mol. The molecule has 0 amide bonds. The first-order valence-electron chi connectivity index (χ1n) is 6.49. The molecule has 0 radical (unpaired) electrons. The van der Waals surface area contributed by atoms with Crippen LogP contribution in [0.3, 0.4) is 0 Å². The lowest BCUT2D eigenvalue weighted by Crippen LogP contribution is -2.15. The van der Waals surface area contributed by atoms with Crippen molar-refractivity contribution in [3.05, 3.63) is 34.4 Å². The van der Waals surface area contributed by atoms with Crippen molar-refractivity contribution in [2.24, 2.45) is 7.05 Å². The van der Waals surface area contributed by atoms with Crippen LogP contribution in [-0.4, -0.2) is 38.4 Å². The van der Waals surface area contributed by atoms with Gasteiger partial charge in [-0.15, -0.1) is 0 Å². The van der Waals surface area contributed by atoms with Crippen LogP contribution in [0.4, 0.5) is 0 Å². The molecule has 20 heavy (non-hydrogen) atoms. The second-order valence-corrected chi connectivity index (χ2v) is 4.94. The molecule has 1 unspecified atom stereocenters. The van der Waals surface area contributed by atoms with Gasteiger partial charge >= 0.3 is 0 Å². The van der Waals surface area contributed by atoms with Crippen molar-refractivity contribution >= 4 is 11.6 Å². The molecular formula is C13H19ClN4O2. The lowest BCUT2D eigenvalue weighted by atomic mass is 10.1. The van der Waals surface area contributed by atoms with Crippen LogP contribution in [-0.2, 0) is 24.8 Å². The summed E-state index contributed by atoms with van der Waals surface area (Å²) < 4.78 is 8.37. The number of methoxy groups -OCH3 is 1. The van der Waals surface area contributed by atoms with Gasteiger partial charge in [-0.25, -0.2) is 0 Å². The molecule has 1 N–H and O–H groups in total. The van der Waals surface area contributed by atoms with Crippen LogP contribution in [0.5, 0.6) is 0 Å². The molecule has 1 atom stereocenters. The SMILES string of the molecule is CCc1cc(C(O)c2c(Cl)cnn2CCOC)n(C)n1. The fraction of sp³-hybridized carbons (Fsp3) is 0.538. The molecule has 2 aromatic heterocycles. The van der Waals surface area contributed by atoms with Gasteiger partial charge < -0.3 is 9.84 Å². The Morgan fingerprint density at radius 1 is 1.50 bits per heavy atom. The third-order valence-electron chi connectivity index (χ3n) is 3.21. The Balaban J connectivity index is 2.34. The van der Waals surface area contributed by atoms with E-state index in [1.165, 1.54) is 6.20 Å². The van der Waals surface area contributed by atoms with Crippen molar-refractivity contribution in [1.82, 2.24) is 19.6 Å². The first-order valence-corrected chi connectivity index (χ1v) is 6.87. The minimum Gasteiger partial charge on any atom is -0.383 e. The van der Waals surface area contributed by atoms with Gasteiger partial charge in [0.2, 0.25) is 0 Å². The number of rotatable bonds is 6. The van der Waals surface area contributed by atoms with Gasteiger partial charge in [0.1, 0.15) is 6.10 Å². The Kier molecular flexibility index (Phi) is 4.80. The largest absolute Gasteiger partial charge is 0.383 e. The van der Waals surface area contributed by atoms with Gasteiger partial charge in [0.05, 0.1) is 41.5 Å². The normalized spacial score (nSPS) is 12.8. The van der Waals surface area contributed by atoms with E-state index in [4.69, 9.17) is 16.3 Å². The molecule has 0 spiro atoms. The van der Waals surface area contributed by atoms with Gasteiger partial charge in [0.15, 0.2) is 0 Å². The van der Waals surface area contributed by atoms with Crippen LogP contribution in [0.25, 0.3) is 0 Å². The third kappa shape index (κ3) is 2.87. The van der Waals surface area contributed by atoms with Crippen LogP contribution in [0, 0.1) is 0 Å². The maximum Gasteiger partial charge on any atom is 0.139 e. The number of aryl methyl sites for hydroxylation is 2. The molecule has 0 saturated heterocycles. The summed E-state index contributed by atoms with van der Waals surface area (Å²) in [5.41, 5.74) is 2.19. The fourth-order valence-electron chi connectivity index (χ4n) is 2.11. The summed E-state index contributed by atoms with van der Waals surface area (Å²) in [4.78, 5) is 0. The van der Waals surface area contributed by atoms with E-state index in [-0.39, 0.29) is 0 Å². The summed E-state index contributed by atoms with van der Waals surface area (Å²) in [5.74, 6) is 0. The second kappa shape index (κ2) is 6.39. The maximum atomic E-state index is 10.6. The zero-order valence-corrected chi connectivity index (χ0v) is 12.6. The first-order chi connectivity index (χ1) is 9.58. The summed E-state index contributed by atoms with van der Waals surface area (Å²) in [6, 6.07) is 1.88. The minimum atomic E-state index is -0.861. The van der Waals surface area contributed by atoms with Crippen molar-refractivity contribution in [2.75, 3.05) is 13.7 Å². The molecule has 0 aromatic carbocycles. The number of hydrogen-bond acceptors (Lipinski definition) is 4. The summed E-state index contributed by atoms with van der Waals surface area (Å²) in [6.07, 6.45) is 1.49. The van der Waals surface area contributed by atoms with Crippen LogP contribution < -0.4 is 0 Å². The zero-order chi connectivity index (χ0) is 14.7. The van der Waals surface area contributed by atoms with Gasteiger partial charge in [-0.1, -0.05) is 18.5 Å². The number of aliphatic hydroxyl groups excluding tert-OH is 1. The number of hydrogen-bond donors (Lipinski definition) is 1. The quantitative estimate of drug-likeness (QED) is 0.879. The molecule has 2 heterocycles. The molecule has 7 heteroatoms. The number of ether oxygens (including phenoxy) is 1. The Labute approximate surface area is 122 Å². The molecular weight excluding hydrogens is 280 g/mol. The molecule has 2 aromatic rings. The lowest BCUT2D eigenvalue weighted by Gasteiger charge is -2.14. The van der Waals surface area contributed by atoms with E-state index in [9.17, 15) is 5.11 Å². The van der Waals surface area contributed by atoms with Crippen molar-refractivity contribution in [1.29, 1.82) is 0 Å². The highest BCUT2D eigenvalue weighted by molar-refractivity contribution is 6.31. The van der Waals surface area contributed by atoms with Crippen molar-refractivity contribution in [2.45, 2.75) is 26.0 Å². The second-order valence-electron chi connectivity index (χ2n) is 4.53. The number of aromatic nitrogens is 4. The van der Waals surface area contributed by atoms with Crippen LogP contribution in [0.15, 0.2) is 12.3 Å². The maximum absolute atomic E-state index is 10.6. The monoisotopic (exact) mass is 298 g/mol. The Morgan fingerprint density at radius 3 is 2.85 bits per heavy atom. The van der Waals surface area contributed by atoms with E-state index in [1.807, 2.05) is 20.0 Å². The van der Waals surface area contributed by atoms with E-state index in [1.54, 1.807) is 16.5 Å². The number of nitrogens with zero attached hydrogens (tertiary/aromatic N) is 4. The van der Waals surface area contributed by atoms with E-state index in [0.717, 1.165) is 12.1 Å². The summed E-state index contributed by atoms with van der Waals surface area (Å²) in [7, 11) is 3.43. The molecule has 0 aliphatic carbocycles. The highest BCUT2D eigenvalue weighted by atomic mass is 35.5. The molecule has 0 fully saturated rings. The summed E-state index contributed by atoms with van der Waals surface area (Å²) in [5, 5.41) is 19.5. The molecule has 0 aliphatic rings. The van der Waals surface area contributed by atoms with Gasteiger partial charge in [-0.2, -0.15) is 10.2 Å². The third-order valence-corrected chi connectivity index (χ3v) is 3.50. The van der Waals surface area contributed by atoms with Crippen molar-refractivity contribution < 1.29 is 9.84 Å². The molecule has 2 rings (SSSR count). The van der Waals surface area contributed by atoms with Crippen LogP contribution in [0.1, 0.15) is 30.1 Å². The zero-order valence-electron chi connectivity index (χ0n) is 11.9. The average molecular weight is 299 g/mol. The van der Waals surface area contributed by atoms with E-state index in [0.29, 0.717) is 29.6 Å². The predicted octanol–water partition coefficient (Wildman–Crippen LogP) is 1.56.